The molecule has 0 bridgehead atoms. The summed E-state index contributed by atoms with van der Waals surface area (Å²) in [6.07, 6.45) is 0. The van der Waals surface area contributed by atoms with Crippen LogP contribution in [0.2, 0.25) is 0 Å². The Morgan fingerprint density at radius 1 is 0.339 bits per heavy atom. The maximum atomic E-state index is 4.92. The predicted molar refractivity (Wildman–Crippen MR) is 265 cm³/mol. The number of thiazole rings is 1. The van der Waals surface area contributed by atoms with Crippen molar-refractivity contribution < 1.29 is 0 Å². The molecule has 0 aliphatic heterocycles. The minimum atomic E-state index is -0.215. The Balaban J connectivity index is 1.03. The fraction of sp³-hybridized carbons (Fsp3) is 0.0500. The van der Waals surface area contributed by atoms with E-state index in [9.17, 15) is 0 Å². The molecule has 62 heavy (non-hydrogen) atoms. The third-order valence-corrected chi connectivity index (χ3v) is 14.2. The fourth-order valence-electron chi connectivity index (χ4n) is 9.93. The van der Waals surface area contributed by atoms with Crippen molar-refractivity contribution in [2.45, 2.75) is 19.3 Å². The number of rotatable bonds is 6. The van der Waals surface area contributed by atoms with Gasteiger partial charge in [0.2, 0.25) is 0 Å². The molecule has 1 aliphatic carbocycles. The Labute approximate surface area is 366 Å². The molecule has 0 saturated carbocycles. The molecular formula is C60H41NS. The van der Waals surface area contributed by atoms with Crippen molar-refractivity contribution in [1.29, 1.82) is 0 Å². The smallest absolute Gasteiger partial charge is 0.124 e. The van der Waals surface area contributed by atoms with Crippen LogP contribution in [-0.4, -0.2) is 4.98 Å². The second-order valence-electron chi connectivity index (χ2n) is 17.1. The summed E-state index contributed by atoms with van der Waals surface area (Å²) in [6.45, 7) is 4.81. The largest absolute Gasteiger partial charge is 0.236 e. The molecule has 0 N–H and O–H groups in total. The molecule has 1 nitrogen and oxygen atoms in total. The monoisotopic (exact) mass is 807 g/mol. The highest BCUT2D eigenvalue weighted by Gasteiger charge is 2.37. The lowest BCUT2D eigenvalue weighted by Gasteiger charge is -2.24. The van der Waals surface area contributed by atoms with Gasteiger partial charge in [0.15, 0.2) is 0 Å². The first-order valence-corrected chi connectivity index (χ1v) is 22.3. The first-order chi connectivity index (χ1) is 30.5. The topological polar surface area (TPSA) is 12.9 Å². The number of hydrogen-bond acceptors (Lipinski definition) is 2. The van der Waals surface area contributed by atoms with Crippen molar-refractivity contribution in [2.75, 3.05) is 0 Å². The Bertz CT molecular complexity index is 3450. The lowest BCUT2D eigenvalue weighted by atomic mass is 9.79. The van der Waals surface area contributed by atoms with Crippen molar-refractivity contribution >= 4 is 43.1 Å². The number of fused-ring (bicyclic) bond motifs is 6. The van der Waals surface area contributed by atoms with Crippen molar-refractivity contribution in [2.24, 2.45) is 0 Å². The van der Waals surface area contributed by atoms with Crippen LogP contribution >= 0.6 is 11.3 Å². The van der Waals surface area contributed by atoms with Crippen LogP contribution in [0.15, 0.2) is 212 Å². The van der Waals surface area contributed by atoms with E-state index in [4.69, 9.17) is 4.98 Å². The quantitative estimate of drug-likeness (QED) is 0.153. The van der Waals surface area contributed by atoms with Gasteiger partial charge in [-0.25, -0.2) is 4.98 Å². The van der Waals surface area contributed by atoms with Gasteiger partial charge in [-0.15, -0.1) is 11.3 Å². The van der Waals surface area contributed by atoms with E-state index in [0.29, 0.717) is 0 Å². The first kappa shape index (κ1) is 36.5. The van der Waals surface area contributed by atoms with Crippen LogP contribution in [0.25, 0.3) is 109 Å². The molecule has 1 aromatic heterocycles. The summed E-state index contributed by atoms with van der Waals surface area (Å²) in [6, 6.07) is 78.2. The maximum absolute atomic E-state index is 4.92. The summed E-state index contributed by atoms with van der Waals surface area (Å²) >= 11 is 1.75. The second kappa shape index (κ2) is 14.4. The summed E-state index contributed by atoms with van der Waals surface area (Å²) < 4.78 is 1.22. The van der Waals surface area contributed by atoms with Gasteiger partial charge >= 0.3 is 0 Å². The number of benzene rings is 10. The molecule has 0 fully saturated rings. The third kappa shape index (κ3) is 5.94. The van der Waals surface area contributed by atoms with Gasteiger partial charge in [-0.05, 0) is 130 Å². The summed E-state index contributed by atoms with van der Waals surface area (Å²) in [7, 11) is 0. The van der Waals surface area contributed by atoms with E-state index in [0.717, 1.165) is 16.1 Å². The molecule has 10 aromatic carbocycles. The Morgan fingerprint density at radius 2 is 0.774 bits per heavy atom. The molecule has 0 spiro atoms. The fourth-order valence-corrected chi connectivity index (χ4v) is 10.9. The van der Waals surface area contributed by atoms with Gasteiger partial charge in [-0.1, -0.05) is 196 Å². The molecule has 11 aromatic rings. The standard InChI is InChI=1S/C60H41NS/c1-60(2)53-35-46(42-25-31-45(32-26-42)59-61-55-19-11-12-20-56(55)62-59)33-34-47(53)50-36-51-52(37-54(50)60)58(44-29-23-41(24-30-44)39-15-7-4-8-16-39)49-18-10-9-17-48(49)57(51)43-27-21-40(22-28-43)38-13-5-3-6-14-38/h3-37H,1-2H3. The number of para-hydroxylation sites is 1. The molecule has 12 rings (SSSR count). The van der Waals surface area contributed by atoms with Crippen LogP contribution in [0.5, 0.6) is 0 Å². The van der Waals surface area contributed by atoms with E-state index in [2.05, 4.69) is 226 Å². The molecule has 1 aliphatic rings. The van der Waals surface area contributed by atoms with Crippen molar-refractivity contribution in [3.05, 3.63) is 223 Å². The second-order valence-corrected chi connectivity index (χ2v) is 18.1. The van der Waals surface area contributed by atoms with Crippen molar-refractivity contribution in [1.82, 2.24) is 4.98 Å². The van der Waals surface area contributed by atoms with Crippen LogP contribution < -0.4 is 0 Å². The van der Waals surface area contributed by atoms with Crippen LogP contribution in [0, 0.1) is 0 Å². The third-order valence-electron chi connectivity index (χ3n) is 13.1. The van der Waals surface area contributed by atoms with E-state index in [-0.39, 0.29) is 5.41 Å². The zero-order valence-corrected chi connectivity index (χ0v) is 35.4. The molecule has 0 unspecified atom stereocenters. The lowest BCUT2D eigenvalue weighted by Crippen LogP contribution is -2.15. The van der Waals surface area contributed by atoms with Gasteiger partial charge in [0, 0.05) is 11.0 Å². The normalized spacial score (nSPS) is 12.8. The number of nitrogens with zero attached hydrogens (tertiary/aromatic N) is 1. The minimum absolute atomic E-state index is 0.215. The van der Waals surface area contributed by atoms with Gasteiger partial charge in [0.1, 0.15) is 5.01 Å². The van der Waals surface area contributed by atoms with E-state index < -0.39 is 0 Å². The highest BCUT2D eigenvalue weighted by atomic mass is 32.1. The van der Waals surface area contributed by atoms with Crippen molar-refractivity contribution in [3.63, 3.8) is 0 Å². The highest BCUT2D eigenvalue weighted by Crippen LogP contribution is 2.54. The molecule has 2 heteroatoms. The highest BCUT2D eigenvalue weighted by molar-refractivity contribution is 7.21. The Morgan fingerprint density at radius 3 is 1.35 bits per heavy atom. The van der Waals surface area contributed by atoms with Gasteiger partial charge in [-0.3, -0.25) is 0 Å². The van der Waals surface area contributed by atoms with E-state index in [1.807, 2.05) is 0 Å². The van der Waals surface area contributed by atoms with E-state index >= 15 is 0 Å². The van der Waals surface area contributed by atoms with Crippen LogP contribution in [0.4, 0.5) is 0 Å². The molecule has 0 saturated heterocycles. The molecular weight excluding hydrogens is 767 g/mol. The number of hydrogen-bond donors (Lipinski definition) is 0. The van der Waals surface area contributed by atoms with Crippen LogP contribution in [0.1, 0.15) is 25.0 Å². The summed E-state index contributed by atoms with van der Waals surface area (Å²) in [5.41, 5.74) is 19.7. The molecule has 0 amide bonds. The Hall–Kier alpha value is -7.39. The van der Waals surface area contributed by atoms with E-state index in [1.54, 1.807) is 11.3 Å². The zero-order valence-electron chi connectivity index (χ0n) is 34.6. The zero-order chi connectivity index (χ0) is 41.4. The van der Waals surface area contributed by atoms with Gasteiger partial charge < -0.3 is 0 Å². The molecule has 1 heterocycles. The van der Waals surface area contributed by atoms with Crippen LogP contribution in [-0.2, 0) is 5.41 Å². The molecule has 0 radical (unpaired) electrons. The Kier molecular flexibility index (Phi) is 8.45. The predicted octanol–water partition coefficient (Wildman–Crippen LogP) is 16.9. The lowest BCUT2D eigenvalue weighted by molar-refractivity contribution is 0.661. The number of aromatic nitrogens is 1. The average Bonchev–Trinajstić information content (AvgIpc) is 3.87. The summed E-state index contributed by atoms with van der Waals surface area (Å²) in [5.74, 6) is 0. The van der Waals surface area contributed by atoms with Gasteiger partial charge in [-0.2, -0.15) is 0 Å². The van der Waals surface area contributed by atoms with Crippen LogP contribution in [0.3, 0.4) is 0 Å². The molecule has 0 atom stereocenters. The average molecular weight is 808 g/mol. The SMILES string of the molecule is CC1(C)c2cc(-c3ccc(-c4nc5ccccc5s4)cc3)ccc2-c2cc3c(-c4ccc(-c5ccccc5)cc4)c4ccccc4c(-c4ccc(-c5ccccc5)cc4)c3cc21. The van der Waals surface area contributed by atoms with Crippen molar-refractivity contribution in [3.8, 4) is 77.3 Å². The van der Waals surface area contributed by atoms with Gasteiger partial charge in [0.25, 0.3) is 0 Å². The van der Waals surface area contributed by atoms with E-state index in [1.165, 1.54) is 104 Å². The maximum Gasteiger partial charge on any atom is 0.124 e. The molecule has 292 valence electrons. The summed E-state index contributed by atoms with van der Waals surface area (Å²) in [5, 5.41) is 6.14. The van der Waals surface area contributed by atoms with Gasteiger partial charge in [0.05, 0.1) is 10.2 Å². The first-order valence-electron chi connectivity index (χ1n) is 21.4. The summed E-state index contributed by atoms with van der Waals surface area (Å²) in [4.78, 5) is 4.92. The minimum Gasteiger partial charge on any atom is -0.236 e.